The van der Waals surface area contributed by atoms with Gasteiger partial charge in [-0.2, -0.15) is 18.4 Å². The lowest BCUT2D eigenvalue weighted by Gasteiger charge is -2.08. The summed E-state index contributed by atoms with van der Waals surface area (Å²) in [5, 5.41) is 11.7. The Labute approximate surface area is 106 Å². The van der Waals surface area contributed by atoms with Crippen molar-refractivity contribution in [3.05, 3.63) is 28.8 Å². The standard InChI is InChI=1S/C10H8ClF3N2S/c11-9-5-8(2-1-7(9)6-15)16-3-4-17-10(12,13)14/h1-2,5,16H,3-4H2. The van der Waals surface area contributed by atoms with Crippen molar-refractivity contribution in [2.75, 3.05) is 17.6 Å². The van der Waals surface area contributed by atoms with Gasteiger partial charge < -0.3 is 5.32 Å². The molecule has 0 aromatic heterocycles. The van der Waals surface area contributed by atoms with Crippen LogP contribution in [0.25, 0.3) is 0 Å². The number of anilines is 1. The van der Waals surface area contributed by atoms with Crippen molar-refractivity contribution in [2.45, 2.75) is 5.51 Å². The van der Waals surface area contributed by atoms with Gasteiger partial charge in [-0.3, -0.25) is 0 Å². The molecule has 0 radical (unpaired) electrons. The van der Waals surface area contributed by atoms with Gasteiger partial charge in [0.1, 0.15) is 6.07 Å². The monoisotopic (exact) mass is 280 g/mol. The van der Waals surface area contributed by atoms with Crippen LogP contribution >= 0.6 is 23.4 Å². The number of nitrogens with one attached hydrogen (secondary N) is 1. The van der Waals surface area contributed by atoms with Gasteiger partial charge in [0.05, 0.1) is 10.6 Å². The molecule has 0 aliphatic rings. The largest absolute Gasteiger partial charge is 0.441 e. The van der Waals surface area contributed by atoms with Crippen LogP contribution in [0.5, 0.6) is 0 Å². The predicted octanol–water partition coefficient (Wildman–Crippen LogP) is 3.88. The molecule has 0 fully saturated rings. The van der Waals surface area contributed by atoms with Crippen molar-refractivity contribution < 1.29 is 13.2 Å². The van der Waals surface area contributed by atoms with Gasteiger partial charge in [0.25, 0.3) is 0 Å². The van der Waals surface area contributed by atoms with E-state index >= 15 is 0 Å². The Morgan fingerprint density at radius 3 is 2.65 bits per heavy atom. The highest BCUT2D eigenvalue weighted by atomic mass is 35.5. The molecule has 1 aromatic carbocycles. The van der Waals surface area contributed by atoms with Crippen LogP contribution in [0, 0.1) is 11.3 Å². The Morgan fingerprint density at radius 1 is 1.41 bits per heavy atom. The summed E-state index contributed by atoms with van der Waals surface area (Å²) in [6.45, 7) is 0.173. The molecule has 0 aliphatic carbocycles. The van der Waals surface area contributed by atoms with Crippen LogP contribution in [0.4, 0.5) is 18.9 Å². The van der Waals surface area contributed by atoms with E-state index in [4.69, 9.17) is 16.9 Å². The molecule has 7 heteroatoms. The quantitative estimate of drug-likeness (QED) is 0.850. The molecule has 0 heterocycles. The molecule has 0 amide bonds. The molecular weight excluding hydrogens is 273 g/mol. The maximum Gasteiger partial charge on any atom is 0.441 e. The minimum absolute atomic E-state index is 0.0822. The van der Waals surface area contributed by atoms with E-state index in [9.17, 15) is 13.2 Å². The molecule has 0 saturated carbocycles. The molecule has 0 saturated heterocycles. The third kappa shape index (κ3) is 5.20. The maximum atomic E-state index is 11.8. The lowest BCUT2D eigenvalue weighted by atomic mass is 10.2. The van der Waals surface area contributed by atoms with Crippen LogP contribution in [-0.2, 0) is 0 Å². The molecule has 1 N–H and O–H groups in total. The molecule has 17 heavy (non-hydrogen) atoms. The molecule has 0 bridgehead atoms. The lowest BCUT2D eigenvalue weighted by Crippen LogP contribution is -2.09. The van der Waals surface area contributed by atoms with Crippen LogP contribution in [0.3, 0.4) is 0 Å². The fourth-order valence-corrected chi connectivity index (χ4v) is 1.74. The van der Waals surface area contributed by atoms with Crippen molar-refractivity contribution >= 4 is 29.1 Å². The summed E-state index contributed by atoms with van der Waals surface area (Å²) >= 11 is 5.68. The van der Waals surface area contributed by atoms with Crippen molar-refractivity contribution in [2.24, 2.45) is 0 Å². The number of halogens is 4. The van der Waals surface area contributed by atoms with Gasteiger partial charge in [0.2, 0.25) is 0 Å². The molecule has 1 rings (SSSR count). The number of rotatable bonds is 4. The van der Waals surface area contributed by atoms with Crippen LogP contribution in [0.15, 0.2) is 18.2 Å². The third-order valence-corrected chi connectivity index (χ3v) is 2.83. The van der Waals surface area contributed by atoms with Gasteiger partial charge in [0.15, 0.2) is 0 Å². The fraction of sp³-hybridized carbons (Fsp3) is 0.300. The van der Waals surface area contributed by atoms with Crippen LogP contribution in [-0.4, -0.2) is 17.8 Å². The Hall–Kier alpha value is -1.06. The van der Waals surface area contributed by atoms with Crippen LogP contribution in [0.1, 0.15) is 5.56 Å². The van der Waals surface area contributed by atoms with Crippen molar-refractivity contribution in [3.8, 4) is 6.07 Å². The highest BCUT2D eigenvalue weighted by Gasteiger charge is 2.27. The number of hydrogen-bond donors (Lipinski definition) is 1. The second-order valence-electron chi connectivity index (χ2n) is 3.03. The number of hydrogen-bond acceptors (Lipinski definition) is 3. The number of benzene rings is 1. The zero-order valence-electron chi connectivity index (χ0n) is 8.51. The Bertz CT molecular complexity index is 429. The second-order valence-corrected chi connectivity index (χ2v) is 4.59. The Morgan fingerprint density at radius 2 is 2.12 bits per heavy atom. The lowest BCUT2D eigenvalue weighted by molar-refractivity contribution is -0.0327. The second kappa shape index (κ2) is 6.03. The molecule has 1 aromatic rings. The van der Waals surface area contributed by atoms with Crippen molar-refractivity contribution in [1.29, 1.82) is 5.26 Å². The van der Waals surface area contributed by atoms with E-state index in [1.54, 1.807) is 6.07 Å². The van der Waals surface area contributed by atoms with Crippen molar-refractivity contribution in [1.82, 2.24) is 0 Å². The molecular formula is C10H8ClF3N2S. The summed E-state index contributed by atoms with van der Waals surface area (Å²) < 4.78 is 35.5. The summed E-state index contributed by atoms with van der Waals surface area (Å²) in [4.78, 5) is 0. The van der Waals surface area contributed by atoms with Gasteiger partial charge in [-0.1, -0.05) is 11.6 Å². The highest BCUT2D eigenvalue weighted by Crippen LogP contribution is 2.29. The normalized spacial score (nSPS) is 11.0. The van der Waals surface area contributed by atoms with Gasteiger partial charge in [-0.05, 0) is 30.0 Å². The summed E-state index contributed by atoms with van der Waals surface area (Å²) in [5.41, 5.74) is -3.28. The minimum atomic E-state index is -4.20. The zero-order chi connectivity index (χ0) is 12.9. The SMILES string of the molecule is N#Cc1ccc(NCCSC(F)(F)F)cc1Cl. The van der Waals surface area contributed by atoms with E-state index in [1.807, 2.05) is 6.07 Å². The maximum absolute atomic E-state index is 11.8. The highest BCUT2D eigenvalue weighted by molar-refractivity contribution is 8.00. The minimum Gasteiger partial charge on any atom is -0.384 e. The first-order chi connectivity index (χ1) is 7.92. The molecule has 0 unspecified atom stereocenters. The van der Waals surface area contributed by atoms with E-state index in [1.165, 1.54) is 12.1 Å². The summed E-state index contributed by atoms with van der Waals surface area (Å²) in [7, 11) is 0. The first kappa shape index (κ1) is 14.0. The number of thioether (sulfide) groups is 1. The molecule has 2 nitrogen and oxygen atoms in total. The van der Waals surface area contributed by atoms with E-state index in [-0.39, 0.29) is 29.1 Å². The van der Waals surface area contributed by atoms with Crippen LogP contribution < -0.4 is 5.32 Å². The predicted molar refractivity (Wildman–Crippen MR) is 63.2 cm³/mol. The summed E-state index contributed by atoms with van der Waals surface area (Å²) in [5.74, 6) is -0.0822. The van der Waals surface area contributed by atoms with Crippen molar-refractivity contribution in [3.63, 3.8) is 0 Å². The summed E-state index contributed by atoms with van der Waals surface area (Å²) in [6.07, 6.45) is 0. The molecule has 0 aliphatic heterocycles. The van der Waals surface area contributed by atoms with Gasteiger partial charge in [-0.25, -0.2) is 0 Å². The van der Waals surface area contributed by atoms with Gasteiger partial charge in [0, 0.05) is 18.0 Å². The average molecular weight is 281 g/mol. The zero-order valence-corrected chi connectivity index (χ0v) is 10.1. The van der Waals surface area contributed by atoms with E-state index in [0.717, 1.165) is 0 Å². The number of nitrogens with zero attached hydrogens (tertiary/aromatic N) is 1. The third-order valence-electron chi connectivity index (χ3n) is 1.79. The molecule has 92 valence electrons. The van der Waals surface area contributed by atoms with E-state index < -0.39 is 5.51 Å². The number of nitriles is 1. The number of alkyl halides is 3. The van der Waals surface area contributed by atoms with E-state index in [2.05, 4.69) is 5.32 Å². The van der Waals surface area contributed by atoms with Gasteiger partial charge >= 0.3 is 5.51 Å². The summed E-state index contributed by atoms with van der Waals surface area (Å²) in [6, 6.07) is 6.52. The molecule has 0 spiro atoms. The smallest absolute Gasteiger partial charge is 0.384 e. The molecule has 0 atom stereocenters. The Balaban J connectivity index is 2.43. The fourth-order valence-electron chi connectivity index (χ4n) is 1.08. The topological polar surface area (TPSA) is 35.8 Å². The first-order valence-electron chi connectivity index (χ1n) is 4.56. The van der Waals surface area contributed by atoms with Gasteiger partial charge in [-0.15, -0.1) is 0 Å². The first-order valence-corrected chi connectivity index (χ1v) is 5.93. The van der Waals surface area contributed by atoms with E-state index in [0.29, 0.717) is 11.3 Å². The average Bonchev–Trinajstić information content (AvgIpc) is 2.23. The Kier molecular flexibility index (Phi) is 4.97. The van der Waals surface area contributed by atoms with Crippen LogP contribution in [0.2, 0.25) is 5.02 Å².